The van der Waals surface area contributed by atoms with Crippen LogP contribution < -0.4 is 0 Å². The highest BCUT2D eigenvalue weighted by Crippen LogP contribution is 2.13. The van der Waals surface area contributed by atoms with E-state index in [1.54, 1.807) is 11.8 Å². The normalized spacial score (nSPS) is 9.94. The summed E-state index contributed by atoms with van der Waals surface area (Å²) in [4.78, 5) is 11.9. The van der Waals surface area contributed by atoms with Gasteiger partial charge in [-0.25, -0.2) is 0 Å². The van der Waals surface area contributed by atoms with E-state index >= 15 is 0 Å². The number of nitriles is 1. The Balaban J connectivity index is 2.42. The largest absolute Gasteiger partial charge is 0.293 e. The van der Waals surface area contributed by atoms with E-state index in [1.165, 1.54) is 5.56 Å². The molecule has 1 aromatic carbocycles. The second-order valence-corrected chi connectivity index (χ2v) is 5.14. The van der Waals surface area contributed by atoms with E-state index < -0.39 is 0 Å². The van der Waals surface area contributed by atoms with Gasteiger partial charge in [0.1, 0.15) is 0 Å². The van der Waals surface area contributed by atoms with Crippen LogP contribution >= 0.6 is 11.8 Å². The molecule has 0 saturated heterocycles. The van der Waals surface area contributed by atoms with Crippen LogP contribution in [0.3, 0.4) is 0 Å². The van der Waals surface area contributed by atoms with Crippen molar-refractivity contribution in [2.45, 2.75) is 26.7 Å². The smallest absolute Gasteiger partial charge is 0.172 e. The van der Waals surface area contributed by atoms with E-state index in [9.17, 15) is 4.79 Å². The molecule has 0 atom stereocenters. The lowest BCUT2D eigenvalue weighted by atomic mass is 10.0. The number of Topliss-reactive ketones (excluding diaryl/α,β-unsaturated/α-hetero) is 1. The SMILES string of the molecule is Cc1ccc(C(=O)CSCCCC#N)cc1C. The number of benzene rings is 1. The van der Waals surface area contributed by atoms with Crippen LogP contribution in [0.5, 0.6) is 0 Å². The first kappa shape index (κ1) is 13.8. The van der Waals surface area contributed by atoms with Crippen LogP contribution in [0.25, 0.3) is 0 Å². The van der Waals surface area contributed by atoms with Crippen molar-refractivity contribution in [3.05, 3.63) is 34.9 Å². The van der Waals surface area contributed by atoms with Gasteiger partial charge in [0.05, 0.1) is 11.8 Å². The van der Waals surface area contributed by atoms with Crippen LogP contribution in [-0.2, 0) is 0 Å². The van der Waals surface area contributed by atoms with Gasteiger partial charge < -0.3 is 0 Å². The Bertz CT molecular complexity index is 434. The van der Waals surface area contributed by atoms with Crippen LogP contribution in [0.4, 0.5) is 0 Å². The molecule has 0 N–H and O–H groups in total. The van der Waals surface area contributed by atoms with Gasteiger partial charge in [0.15, 0.2) is 5.78 Å². The maximum Gasteiger partial charge on any atom is 0.172 e. The number of rotatable bonds is 6. The fourth-order valence-electron chi connectivity index (χ4n) is 1.42. The van der Waals surface area contributed by atoms with Gasteiger partial charge >= 0.3 is 0 Å². The third-order valence-electron chi connectivity index (χ3n) is 2.64. The lowest BCUT2D eigenvalue weighted by molar-refractivity contribution is 0.102. The van der Waals surface area contributed by atoms with E-state index in [4.69, 9.17) is 5.26 Å². The van der Waals surface area contributed by atoms with Gasteiger partial charge in [0.25, 0.3) is 0 Å². The molecule has 0 spiro atoms. The topological polar surface area (TPSA) is 40.9 Å². The summed E-state index contributed by atoms with van der Waals surface area (Å²) < 4.78 is 0. The number of hydrogen-bond donors (Lipinski definition) is 0. The molecule has 3 heteroatoms. The van der Waals surface area contributed by atoms with Crippen molar-refractivity contribution in [1.82, 2.24) is 0 Å². The molecule has 0 heterocycles. The van der Waals surface area contributed by atoms with E-state index in [-0.39, 0.29) is 5.78 Å². The van der Waals surface area contributed by atoms with Crippen LogP contribution in [-0.4, -0.2) is 17.3 Å². The van der Waals surface area contributed by atoms with E-state index in [0.29, 0.717) is 12.2 Å². The van der Waals surface area contributed by atoms with Gasteiger partial charge in [0.2, 0.25) is 0 Å². The zero-order valence-corrected chi connectivity index (χ0v) is 11.1. The van der Waals surface area contributed by atoms with Crippen molar-refractivity contribution < 1.29 is 4.79 Å². The van der Waals surface area contributed by atoms with E-state index in [2.05, 4.69) is 6.07 Å². The molecule has 17 heavy (non-hydrogen) atoms. The van der Waals surface area contributed by atoms with Crippen LogP contribution in [0.2, 0.25) is 0 Å². The van der Waals surface area contributed by atoms with Crippen molar-refractivity contribution in [2.75, 3.05) is 11.5 Å². The summed E-state index contributed by atoms with van der Waals surface area (Å²) >= 11 is 1.61. The minimum absolute atomic E-state index is 0.176. The second-order valence-electron chi connectivity index (χ2n) is 4.04. The van der Waals surface area contributed by atoms with Crippen LogP contribution in [0.1, 0.15) is 34.3 Å². The molecule has 0 aliphatic rings. The molecular weight excluding hydrogens is 230 g/mol. The molecule has 0 bridgehead atoms. The average Bonchev–Trinajstić information content (AvgIpc) is 2.32. The van der Waals surface area contributed by atoms with Gasteiger partial charge in [-0.15, -0.1) is 0 Å². The summed E-state index contributed by atoms with van der Waals surface area (Å²) in [5, 5.41) is 8.38. The standard InChI is InChI=1S/C14H17NOS/c1-11-5-6-13(9-12(11)2)14(16)10-17-8-4-3-7-15/h5-6,9H,3-4,8,10H2,1-2H3. The summed E-state index contributed by atoms with van der Waals surface area (Å²) in [6, 6.07) is 7.93. The fraction of sp³-hybridized carbons (Fsp3) is 0.429. The number of aryl methyl sites for hydroxylation is 2. The maximum absolute atomic E-state index is 11.9. The van der Waals surface area contributed by atoms with Crippen molar-refractivity contribution >= 4 is 17.5 Å². The summed E-state index contributed by atoms with van der Waals surface area (Å²) in [6.45, 7) is 4.06. The molecule has 0 aliphatic heterocycles. The Kier molecular flexibility index (Phi) is 5.79. The van der Waals surface area contributed by atoms with Crippen molar-refractivity contribution in [2.24, 2.45) is 0 Å². The molecular formula is C14H17NOS. The monoisotopic (exact) mass is 247 g/mol. The molecule has 0 radical (unpaired) electrons. The average molecular weight is 247 g/mol. The van der Waals surface area contributed by atoms with Crippen LogP contribution in [0.15, 0.2) is 18.2 Å². The van der Waals surface area contributed by atoms with Crippen molar-refractivity contribution in [3.63, 3.8) is 0 Å². The molecule has 0 saturated carbocycles. The Morgan fingerprint density at radius 2 is 2.12 bits per heavy atom. The molecule has 0 aliphatic carbocycles. The number of nitrogens with zero attached hydrogens (tertiary/aromatic N) is 1. The molecule has 0 fully saturated rings. The van der Waals surface area contributed by atoms with Crippen molar-refractivity contribution in [3.8, 4) is 6.07 Å². The Hall–Kier alpha value is -1.27. The van der Waals surface area contributed by atoms with Gasteiger partial charge in [-0.1, -0.05) is 12.1 Å². The number of hydrogen-bond acceptors (Lipinski definition) is 3. The number of carbonyl (C=O) groups is 1. The first-order chi connectivity index (χ1) is 8.15. The van der Waals surface area contributed by atoms with Crippen LogP contribution in [0, 0.1) is 25.2 Å². The number of thioether (sulfide) groups is 1. The van der Waals surface area contributed by atoms with E-state index in [1.807, 2.05) is 32.0 Å². The minimum Gasteiger partial charge on any atom is -0.293 e. The highest BCUT2D eigenvalue weighted by molar-refractivity contribution is 7.99. The Morgan fingerprint density at radius 3 is 2.76 bits per heavy atom. The van der Waals surface area contributed by atoms with E-state index in [0.717, 1.165) is 23.3 Å². The third kappa shape index (κ3) is 4.62. The maximum atomic E-state index is 11.9. The highest BCUT2D eigenvalue weighted by atomic mass is 32.2. The Morgan fingerprint density at radius 1 is 1.35 bits per heavy atom. The molecule has 90 valence electrons. The molecule has 1 aromatic rings. The lowest BCUT2D eigenvalue weighted by Gasteiger charge is -2.04. The third-order valence-corrected chi connectivity index (χ3v) is 3.68. The summed E-state index contributed by atoms with van der Waals surface area (Å²) in [7, 11) is 0. The van der Waals surface area contributed by atoms with Gasteiger partial charge in [0, 0.05) is 12.0 Å². The molecule has 0 aromatic heterocycles. The molecule has 1 rings (SSSR count). The minimum atomic E-state index is 0.176. The lowest BCUT2D eigenvalue weighted by Crippen LogP contribution is -2.03. The Labute approximate surface area is 107 Å². The molecule has 0 amide bonds. The first-order valence-corrected chi connectivity index (χ1v) is 6.85. The number of ketones is 1. The number of unbranched alkanes of at least 4 members (excludes halogenated alkanes) is 1. The van der Waals surface area contributed by atoms with Crippen molar-refractivity contribution in [1.29, 1.82) is 5.26 Å². The zero-order valence-electron chi connectivity index (χ0n) is 10.3. The summed E-state index contributed by atoms with van der Waals surface area (Å²) in [5.41, 5.74) is 3.16. The fourth-order valence-corrected chi connectivity index (χ4v) is 2.26. The zero-order chi connectivity index (χ0) is 12.7. The van der Waals surface area contributed by atoms with Gasteiger partial charge in [-0.05, 0) is 43.2 Å². The van der Waals surface area contributed by atoms with Gasteiger partial charge in [-0.2, -0.15) is 17.0 Å². The molecule has 0 unspecified atom stereocenters. The van der Waals surface area contributed by atoms with Gasteiger partial charge in [-0.3, -0.25) is 4.79 Å². The summed E-state index contributed by atoms with van der Waals surface area (Å²) in [6.07, 6.45) is 1.44. The number of carbonyl (C=O) groups excluding carboxylic acids is 1. The highest BCUT2D eigenvalue weighted by Gasteiger charge is 2.06. The quantitative estimate of drug-likeness (QED) is 0.570. The summed E-state index contributed by atoms with van der Waals surface area (Å²) in [5.74, 6) is 1.56. The second kappa shape index (κ2) is 7.13. The molecule has 2 nitrogen and oxygen atoms in total. The predicted octanol–water partition coefficient (Wildman–Crippen LogP) is 3.52. The predicted molar refractivity (Wildman–Crippen MR) is 72.4 cm³/mol. The first-order valence-electron chi connectivity index (χ1n) is 5.70.